The van der Waals surface area contributed by atoms with Crippen molar-refractivity contribution >= 4 is 11.9 Å². The highest BCUT2D eigenvalue weighted by Gasteiger charge is 2.39. The molecule has 1 N–H and O–H groups in total. The fourth-order valence-electron chi connectivity index (χ4n) is 3.18. The van der Waals surface area contributed by atoms with Crippen LogP contribution in [-0.2, 0) is 26.3 Å². The molecule has 0 aliphatic rings. The highest BCUT2D eigenvalue weighted by molar-refractivity contribution is 5.83. The Morgan fingerprint density at radius 3 is 2.24 bits per heavy atom. The molecular weight excluding hydrogens is 377 g/mol. The number of hydrogen-bond acceptors (Lipinski definition) is 5. The maximum absolute atomic E-state index is 13.4. The van der Waals surface area contributed by atoms with E-state index in [1.54, 1.807) is 38.0 Å². The number of benzene rings is 2. The Kier molecular flexibility index (Phi) is 7.73. The summed E-state index contributed by atoms with van der Waals surface area (Å²) in [5, 5.41) is 9.36. The van der Waals surface area contributed by atoms with E-state index in [1.165, 1.54) is 24.3 Å². The van der Waals surface area contributed by atoms with Gasteiger partial charge in [0, 0.05) is 13.1 Å². The molecule has 156 valence electrons. The lowest BCUT2D eigenvalue weighted by Crippen LogP contribution is -2.46. The normalized spacial score (nSPS) is 13.0. The van der Waals surface area contributed by atoms with Gasteiger partial charge in [-0.25, -0.2) is 4.39 Å². The number of carbonyl (C=O) groups is 2. The molecule has 0 heterocycles. The molecule has 0 radical (unpaired) electrons. The second kappa shape index (κ2) is 10.0. The number of carbonyl (C=O) groups excluding carboxylic acids is 1. The summed E-state index contributed by atoms with van der Waals surface area (Å²) in [5.74, 6) is -1.22. The third kappa shape index (κ3) is 6.02. The average molecular weight is 403 g/mol. The number of esters is 1. The van der Waals surface area contributed by atoms with Crippen LogP contribution in [0.5, 0.6) is 5.75 Å². The predicted molar refractivity (Wildman–Crippen MR) is 106 cm³/mol. The van der Waals surface area contributed by atoms with E-state index in [0.717, 1.165) is 5.56 Å². The summed E-state index contributed by atoms with van der Waals surface area (Å²) in [6, 6.07) is 12.9. The Labute approximate surface area is 169 Å². The van der Waals surface area contributed by atoms with Crippen LogP contribution >= 0.6 is 0 Å². The van der Waals surface area contributed by atoms with Crippen LogP contribution in [0.15, 0.2) is 48.5 Å². The Hall–Kier alpha value is -2.93. The van der Waals surface area contributed by atoms with E-state index >= 15 is 0 Å². The quantitative estimate of drug-likeness (QED) is 0.614. The zero-order valence-electron chi connectivity index (χ0n) is 16.9. The van der Waals surface area contributed by atoms with Gasteiger partial charge in [-0.15, -0.1) is 0 Å². The molecule has 0 saturated heterocycles. The van der Waals surface area contributed by atoms with E-state index in [-0.39, 0.29) is 19.7 Å². The topological polar surface area (TPSA) is 76.1 Å². The van der Waals surface area contributed by atoms with Gasteiger partial charge in [0.1, 0.15) is 17.0 Å². The molecule has 0 aromatic heterocycles. The lowest BCUT2D eigenvalue weighted by molar-refractivity contribution is -0.151. The fraction of sp³-hybridized carbons (Fsp3) is 0.364. The molecule has 1 atom stereocenters. The number of methoxy groups -OCH3 is 1. The number of nitrogens with zero attached hydrogens (tertiary/aromatic N) is 1. The van der Waals surface area contributed by atoms with Gasteiger partial charge in [0.05, 0.1) is 20.3 Å². The zero-order chi connectivity index (χ0) is 21.4. The summed E-state index contributed by atoms with van der Waals surface area (Å²) in [7, 11) is 1.57. The van der Waals surface area contributed by atoms with Gasteiger partial charge in [-0.2, -0.15) is 0 Å². The smallest absolute Gasteiger partial charge is 0.317 e. The van der Waals surface area contributed by atoms with Crippen LogP contribution in [0.3, 0.4) is 0 Å². The zero-order valence-corrected chi connectivity index (χ0v) is 16.9. The van der Waals surface area contributed by atoms with Gasteiger partial charge in [0.15, 0.2) is 0 Å². The number of hydrogen-bond donors (Lipinski definition) is 1. The first-order chi connectivity index (χ1) is 13.8. The highest BCUT2D eigenvalue weighted by atomic mass is 19.1. The van der Waals surface area contributed by atoms with Crippen LogP contribution in [0.2, 0.25) is 0 Å². The van der Waals surface area contributed by atoms with Gasteiger partial charge < -0.3 is 14.6 Å². The highest BCUT2D eigenvalue weighted by Crippen LogP contribution is 2.28. The Bertz CT molecular complexity index is 822. The first kappa shape index (κ1) is 22.4. The second-order valence-corrected chi connectivity index (χ2v) is 6.95. The van der Waals surface area contributed by atoms with Crippen LogP contribution in [0.4, 0.5) is 4.39 Å². The Balaban J connectivity index is 2.33. The number of halogens is 1. The van der Waals surface area contributed by atoms with Crippen molar-refractivity contribution in [3.63, 3.8) is 0 Å². The Morgan fingerprint density at radius 1 is 1.10 bits per heavy atom. The monoisotopic (exact) mass is 403 g/mol. The molecule has 0 aliphatic heterocycles. The SMILES string of the molecule is CCOC(=O)C(C)(CN(CC(=O)O)Cc1ccc(OC)cc1)c1ccc(F)cc1. The number of aliphatic carboxylic acids is 1. The van der Waals surface area contributed by atoms with Gasteiger partial charge in [0.2, 0.25) is 0 Å². The van der Waals surface area contributed by atoms with Crippen molar-refractivity contribution in [2.75, 3.05) is 26.8 Å². The molecule has 2 aromatic rings. The maximum Gasteiger partial charge on any atom is 0.317 e. The summed E-state index contributed by atoms with van der Waals surface area (Å²) < 4.78 is 23.8. The van der Waals surface area contributed by atoms with Gasteiger partial charge in [-0.3, -0.25) is 14.5 Å². The largest absolute Gasteiger partial charge is 0.497 e. The van der Waals surface area contributed by atoms with Crippen LogP contribution in [0, 0.1) is 5.82 Å². The van der Waals surface area contributed by atoms with Crippen molar-refractivity contribution in [1.29, 1.82) is 0 Å². The molecule has 6 nitrogen and oxygen atoms in total. The van der Waals surface area contributed by atoms with Crippen molar-refractivity contribution in [2.24, 2.45) is 0 Å². The lowest BCUT2D eigenvalue weighted by Gasteiger charge is -2.33. The number of carboxylic acid groups (broad SMARTS) is 1. The maximum atomic E-state index is 13.4. The predicted octanol–water partition coefficient (Wildman–Crippen LogP) is 3.24. The lowest BCUT2D eigenvalue weighted by atomic mass is 9.81. The number of rotatable bonds is 10. The molecule has 2 aromatic carbocycles. The van der Waals surface area contributed by atoms with Crippen molar-refractivity contribution < 1.29 is 28.6 Å². The summed E-state index contributed by atoms with van der Waals surface area (Å²) in [6.45, 7) is 3.72. The molecule has 0 aliphatic carbocycles. The summed E-state index contributed by atoms with van der Waals surface area (Å²) in [6.07, 6.45) is 0. The van der Waals surface area contributed by atoms with Gasteiger partial charge in [-0.1, -0.05) is 24.3 Å². The van der Waals surface area contributed by atoms with E-state index in [0.29, 0.717) is 17.9 Å². The average Bonchev–Trinajstić information content (AvgIpc) is 2.68. The van der Waals surface area contributed by atoms with E-state index in [9.17, 15) is 19.1 Å². The van der Waals surface area contributed by atoms with Crippen molar-refractivity contribution in [1.82, 2.24) is 4.90 Å². The van der Waals surface area contributed by atoms with Crippen LogP contribution in [0.25, 0.3) is 0 Å². The minimum Gasteiger partial charge on any atom is -0.497 e. The first-order valence-electron chi connectivity index (χ1n) is 9.29. The fourth-order valence-corrected chi connectivity index (χ4v) is 3.18. The molecule has 0 saturated carbocycles. The first-order valence-corrected chi connectivity index (χ1v) is 9.29. The minimum atomic E-state index is -1.16. The molecule has 0 amide bonds. The minimum absolute atomic E-state index is 0.0931. The molecule has 29 heavy (non-hydrogen) atoms. The van der Waals surface area contributed by atoms with Gasteiger partial charge >= 0.3 is 11.9 Å². The summed E-state index contributed by atoms with van der Waals surface area (Å²) >= 11 is 0. The van der Waals surface area contributed by atoms with Crippen molar-refractivity contribution in [3.8, 4) is 5.75 Å². The van der Waals surface area contributed by atoms with Crippen LogP contribution < -0.4 is 4.74 Å². The molecule has 7 heteroatoms. The summed E-state index contributed by atoms with van der Waals surface area (Å²) in [4.78, 5) is 25.9. The third-order valence-electron chi connectivity index (χ3n) is 4.67. The van der Waals surface area contributed by atoms with E-state index in [2.05, 4.69) is 0 Å². The van der Waals surface area contributed by atoms with Crippen LogP contribution in [-0.4, -0.2) is 48.8 Å². The van der Waals surface area contributed by atoms with Gasteiger partial charge in [-0.05, 0) is 49.2 Å². The number of carboxylic acids is 1. The van der Waals surface area contributed by atoms with Crippen molar-refractivity contribution in [3.05, 3.63) is 65.5 Å². The molecule has 2 rings (SSSR count). The molecule has 0 bridgehead atoms. The summed E-state index contributed by atoms with van der Waals surface area (Å²) in [5.41, 5.74) is 0.269. The van der Waals surface area contributed by atoms with E-state index in [4.69, 9.17) is 9.47 Å². The van der Waals surface area contributed by atoms with Crippen LogP contribution in [0.1, 0.15) is 25.0 Å². The molecule has 0 spiro atoms. The van der Waals surface area contributed by atoms with Crippen molar-refractivity contribution in [2.45, 2.75) is 25.8 Å². The molecule has 0 fully saturated rings. The van der Waals surface area contributed by atoms with E-state index < -0.39 is 23.2 Å². The number of ether oxygens (including phenoxy) is 2. The third-order valence-corrected chi connectivity index (χ3v) is 4.67. The van der Waals surface area contributed by atoms with E-state index in [1.807, 2.05) is 12.1 Å². The molecule has 1 unspecified atom stereocenters. The molecular formula is C22H26FNO5. The van der Waals surface area contributed by atoms with Gasteiger partial charge in [0.25, 0.3) is 0 Å². The Morgan fingerprint density at radius 2 is 1.72 bits per heavy atom. The standard InChI is InChI=1S/C22H26FNO5/c1-4-29-21(27)22(2,17-7-9-18(23)10-8-17)15-24(14-20(25)26)13-16-5-11-19(28-3)12-6-16/h5-12H,4,13-15H2,1-3H3,(H,25,26). The second-order valence-electron chi connectivity index (χ2n) is 6.95.